The van der Waals surface area contributed by atoms with E-state index < -0.39 is 0 Å². The van der Waals surface area contributed by atoms with Crippen LogP contribution in [0.1, 0.15) is 16.1 Å². The molecular weight excluding hydrogens is 264 g/mol. The summed E-state index contributed by atoms with van der Waals surface area (Å²) in [6.07, 6.45) is 0.826. The van der Waals surface area contributed by atoms with E-state index in [4.69, 9.17) is 10.2 Å². The van der Waals surface area contributed by atoms with Gasteiger partial charge in [0.05, 0.1) is 0 Å². The zero-order chi connectivity index (χ0) is 14.4. The van der Waals surface area contributed by atoms with Gasteiger partial charge in [-0.1, -0.05) is 18.2 Å². The molecule has 0 unspecified atom stereocenters. The summed E-state index contributed by atoms with van der Waals surface area (Å²) in [7, 11) is 0. The highest BCUT2D eigenvalue weighted by Gasteiger charge is 2.27. The third kappa shape index (κ3) is 1.88. The topological polar surface area (TPSA) is 59.5 Å². The number of anilines is 2. The fourth-order valence-electron chi connectivity index (χ4n) is 2.85. The second-order valence-electron chi connectivity index (χ2n) is 5.24. The molecule has 4 rings (SSSR count). The SMILES string of the molecule is Nc1ccc2c(c1)CCN2C(=O)c1cc2ccccc2o1. The van der Waals surface area contributed by atoms with Gasteiger partial charge in [-0.25, -0.2) is 0 Å². The number of furan rings is 1. The maximum Gasteiger partial charge on any atom is 0.294 e. The van der Waals surface area contributed by atoms with Crippen LogP contribution in [0, 0.1) is 0 Å². The van der Waals surface area contributed by atoms with Crippen molar-refractivity contribution in [2.75, 3.05) is 17.2 Å². The van der Waals surface area contributed by atoms with Crippen molar-refractivity contribution in [3.05, 3.63) is 59.9 Å². The number of hydrogen-bond donors (Lipinski definition) is 1. The van der Waals surface area contributed by atoms with Crippen LogP contribution in [-0.2, 0) is 6.42 Å². The van der Waals surface area contributed by atoms with Crippen molar-refractivity contribution in [1.82, 2.24) is 0 Å². The van der Waals surface area contributed by atoms with Gasteiger partial charge >= 0.3 is 0 Å². The quantitative estimate of drug-likeness (QED) is 0.695. The normalized spacial score (nSPS) is 13.6. The summed E-state index contributed by atoms with van der Waals surface area (Å²) in [5.74, 6) is 0.274. The van der Waals surface area contributed by atoms with E-state index in [-0.39, 0.29) is 5.91 Å². The van der Waals surface area contributed by atoms with Gasteiger partial charge in [0.1, 0.15) is 5.58 Å². The van der Waals surface area contributed by atoms with Crippen LogP contribution in [0.25, 0.3) is 11.0 Å². The zero-order valence-electron chi connectivity index (χ0n) is 11.4. The van der Waals surface area contributed by atoms with Gasteiger partial charge in [-0.2, -0.15) is 0 Å². The highest BCUT2D eigenvalue weighted by Crippen LogP contribution is 2.31. The second kappa shape index (κ2) is 4.38. The first kappa shape index (κ1) is 12.0. The van der Waals surface area contributed by atoms with Gasteiger partial charge in [-0.05, 0) is 42.3 Å². The van der Waals surface area contributed by atoms with Crippen molar-refractivity contribution in [3.8, 4) is 0 Å². The van der Waals surface area contributed by atoms with Crippen molar-refractivity contribution in [2.45, 2.75) is 6.42 Å². The van der Waals surface area contributed by atoms with Crippen molar-refractivity contribution >= 4 is 28.3 Å². The summed E-state index contributed by atoms with van der Waals surface area (Å²) in [5, 5.41) is 0.942. The van der Waals surface area contributed by atoms with E-state index in [1.807, 2.05) is 42.5 Å². The lowest BCUT2D eigenvalue weighted by atomic mass is 10.1. The Morgan fingerprint density at radius 1 is 1.14 bits per heavy atom. The molecule has 0 spiro atoms. The molecule has 2 N–H and O–H groups in total. The average Bonchev–Trinajstić information content (AvgIpc) is 3.09. The maximum atomic E-state index is 12.7. The van der Waals surface area contributed by atoms with E-state index >= 15 is 0 Å². The molecule has 1 aromatic heterocycles. The Morgan fingerprint density at radius 2 is 2.00 bits per heavy atom. The van der Waals surface area contributed by atoms with Gasteiger partial charge < -0.3 is 15.1 Å². The summed E-state index contributed by atoms with van der Waals surface area (Å²) < 4.78 is 5.67. The largest absolute Gasteiger partial charge is 0.451 e. The van der Waals surface area contributed by atoms with E-state index in [1.165, 1.54) is 0 Å². The number of benzene rings is 2. The average molecular weight is 278 g/mol. The number of para-hydroxylation sites is 1. The Kier molecular flexibility index (Phi) is 2.51. The van der Waals surface area contributed by atoms with Crippen molar-refractivity contribution in [3.63, 3.8) is 0 Å². The fourth-order valence-corrected chi connectivity index (χ4v) is 2.85. The lowest BCUT2D eigenvalue weighted by molar-refractivity contribution is 0.0965. The molecule has 2 aromatic carbocycles. The number of nitrogen functional groups attached to an aromatic ring is 1. The molecule has 0 atom stereocenters. The van der Waals surface area contributed by atoms with Gasteiger partial charge in [0.25, 0.3) is 5.91 Å². The molecule has 21 heavy (non-hydrogen) atoms. The molecule has 0 aliphatic carbocycles. The Morgan fingerprint density at radius 3 is 2.86 bits per heavy atom. The van der Waals surface area contributed by atoms with E-state index in [0.29, 0.717) is 12.3 Å². The number of rotatable bonds is 1. The molecule has 0 radical (unpaired) electrons. The first-order valence-corrected chi connectivity index (χ1v) is 6.91. The predicted molar refractivity (Wildman–Crippen MR) is 82.4 cm³/mol. The summed E-state index contributed by atoms with van der Waals surface area (Å²) >= 11 is 0. The lowest BCUT2D eigenvalue weighted by Gasteiger charge is -2.15. The molecule has 4 nitrogen and oxygen atoms in total. The van der Waals surface area contributed by atoms with Gasteiger partial charge in [0, 0.05) is 23.3 Å². The van der Waals surface area contributed by atoms with Crippen LogP contribution >= 0.6 is 0 Å². The Balaban J connectivity index is 1.73. The smallest absolute Gasteiger partial charge is 0.294 e. The fraction of sp³-hybridized carbons (Fsp3) is 0.118. The molecule has 3 aromatic rings. The van der Waals surface area contributed by atoms with Crippen molar-refractivity contribution in [1.29, 1.82) is 0 Å². The van der Waals surface area contributed by atoms with Crippen LogP contribution in [-0.4, -0.2) is 12.5 Å². The molecule has 4 heteroatoms. The molecule has 0 bridgehead atoms. The van der Waals surface area contributed by atoms with E-state index in [1.54, 1.807) is 11.0 Å². The Labute approximate surface area is 121 Å². The van der Waals surface area contributed by atoms with Gasteiger partial charge in [-0.15, -0.1) is 0 Å². The minimum Gasteiger partial charge on any atom is -0.451 e. The molecule has 1 amide bonds. The van der Waals surface area contributed by atoms with Gasteiger partial charge in [0.15, 0.2) is 5.76 Å². The maximum absolute atomic E-state index is 12.7. The van der Waals surface area contributed by atoms with Crippen LogP contribution in [0.4, 0.5) is 11.4 Å². The van der Waals surface area contributed by atoms with Crippen LogP contribution in [0.5, 0.6) is 0 Å². The molecule has 0 saturated heterocycles. The molecule has 1 aliphatic heterocycles. The van der Waals surface area contributed by atoms with Gasteiger partial charge in [-0.3, -0.25) is 4.79 Å². The summed E-state index contributed by atoms with van der Waals surface area (Å²) in [5.41, 5.74) is 9.29. The number of nitrogens with two attached hydrogens (primary N) is 1. The monoisotopic (exact) mass is 278 g/mol. The number of carbonyl (C=O) groups is 1. The predicted octanol–water partition coefficient (Wildman–Crippen LogP) is 3.22. The number of nitrogens with zero attached hydrogens (tertiary/aromatic N) is 1. The van der Waals surface area contributed by atoms with Crippen molar-refractivity contribution < 1.29 is 9.21 Å². The summed E-state index contributed by atoms with van der Waals surface area (Å²) in [6, 6.07) is 15.1. The first-order valence-electron chi connectivity index (χ1n) is 6.91. The highest BCUT2D eigenvalue weighted by molar-refractivity contribution is 6.07. The Bertz CT molecular complexity index is 818. The number of carbonyl (C=O) groups excluding carboxylic acids is 1. The molecule has 2 heterocycles. The molecule has 1 aliphatic rings. The van der Waals surface area contributed by atoms with E-state index in [2.05, 4.69) is 0 Å². The Hall–Kier alpha value is -2.75. The van der Waals surface area contributed by atoms with E-state index in [9.17, 15) is 4.79 Å². The van der Waals surface area contributed by atoms with Gasteiger partial charge in [0.2, 0.25) is 0 Å². The zero-order valence-corrected chi connectivity index (χ0v) is 11.4. The third-order valence-electron chi connectivity index (χ3n) is 3.88. The highest BCUT2D eigenvalue weighted by atomic mass is 16.3. The standard InChI is InChI=1S/C17H14N2O2/c18-13-5-6-14-11(9-13)7-8-19(14)17(20)16-10-12-3-1-2-4-15(12)21-16/h1-6,9-10H,7-8,18H2. The van der Waals surface area contributed by atoms with Crippen LogP contribution in [0.15, 0.2) is 52.9 Å². The third-order valence-corrected chi connectivity index (χ3v) is 3.88. The summed E-state index contributed by atoms with van der Waals surface area (Å²) in [4.78, 5) is 14.4. The van der Waals surface area contributed by atoms with E-state index in [0.717, 1.165) is 34.3 Å². The van der Waals surface area contributed by atoms with Crippen LogP contribution < -0.4 is 10.6 Å². The molecule has 0 fully saturated rings. The second-order valence-corrected chi connectivity index (χ2v) is 5.24. The lowest BCUT2D eigenvalue weighted by Crippen LogP contribution is -2.28. The molecule has 0 saturated carbocycles. The minimum atomic E-state index is -0.102. The molecular formula is C17H14N2O2. The van der Waals surface area contributed by atoms with Crippen LogP contribution in [0.2, 0.25) is 0 Å². The molecule has 104 valence electrons. The van der Waals surface area contributed by atoms with Crippen molar-refractivity contribution in [2.24, 2.45) is 0 Å². The van der Waals surface area contributed by atoms with Crippen LogP contribution in [0.3, 0.4) is 0 Å². The minimum absolute atomic E-state index is 0.102. The number of hydrogen-bond acceptors (Lipinski definition) is 3. The number of fused-ring (bicyclic) bond motifs is 2. The number of amides is 1. The summed E-state index contributed by atoms with van der Waals surface area (Å²) in [6.45, 7) is 0.661. The first-order chi connectivity index (χ1) is 10.2.